The van der Waals surface area contributed by atoms with Crippen LogP contribution in [0.25, 0.3) is 0 Å². The van der Waals surface area contributed by atoms with Gasteiger partial charge in [0.15, 0.2) is 0 Å². The van der Waals surface area contributed by atoms with Gasteiger partial charge in [-0.2, -0.15) is 0 Å². The van der Waals surface area contributed by atoms with Crippen LogP contribution in [-0.4, -0.2) is 6.54 Å². The molecule has 0 spiro atoms. The van der Waals surface area contributed by atoms with E-state index in [4.69, 9.17) is 0 Å². The van der Waals surface area contributed by atoms with Crippen LogP contribution in [0.1, 0.15) is 24.9 Å². The molecule has 0 aliphatic rings. The highest BCUT2D eigenvalue weighted by Gasteiger charge is 2.10. The lowest BCUT2D eigenvalue weighted by molar-refractivity contribution is 0.594. The zero-order chi connectivity index (χ0) is 11.3. The summed E-state index contributed by atoms with van der Waals surface area (Å²) in [5.74, 6) is -0.224. The fraction of sp³-hybridized carbons (Fsp3) is 0.333. The lowest BCUT2D eigenvalue weighted by atomic mass is 10.1. The molecule has 82 valence electrons. The summed E-state index contributed by atoms with van der Waals surface area (Å²) >= 11 is 3.41. The Balaban J connectivity index is 2.90. The van der Waals surface area contributed by atoms with Crippen molar-refractivity contribution in [2.45, 2.75) is 19.4 Å². The van der Waals surface area contributed by atoms with Gasteiger partial charge in [-0.05, 0) is 36.7 Å². The Morgan fingerprint density at radius 2 is 2.33 bits per heavy atom. The first-order valence-corrected chi connectivity index (χ1v) is 5.79. The molecule has 0 aliphatic heterocycles. The van der Waals surface area contributed by atoms with Gasteiger partial charge in [0.2, 0.25) is 0 Å². The minimum Gasteiger partial charge on any atom is -0.307 e. The molecule has 0 amide bonds. The molecule has 0 saturated carbocycles. The predicted molar refractivity (Wildman–Crippen MR) is 65.3 cm³/mol. The summed E-state index contributed by atoms with van der Waals surface area (Å²) in [6.45, 7) is 6.73. The second-order valence-corrected chi connectivity index (χ2v) is 4.19. The van der Waals surface area contributed by atoms with Crippen LogP contribution in [0.15, 0.2) is 35.3 Å². The predicted octanol–water partition coefficient (Wildman–Crippen LogP) is 3.81. The molecule has 15 heavy (non-hydrogen) atoms. The fourth-order valence-corrected chi connectivity index (χ4v) is 1.87. The van der Waals surface area contributed by atoms with Crippen molar-refractivity contribution in [3.05, 3.63) is 46.7 Å². The summed E-state index contributed by atoms with van der Waals surface area (Å²) in [4.78, 5) is 0. The average molecular weight is 272 g/mol. The van der Waals surface area contributed by atoms with Gasteiger partial charge >= 0.3 is 0 Å². The van der Waals surface area contributed by atoms with Crippen LogP contribution in [0.2, 0.25) is 0 Å². The SMILES string of the molecule is C=CC(NCCC)c1cc(F)ccc1Br. The number of benzene rings is 1. The molecule has 0 saturated heterocycles. The second kappa shape index (κ2) is 6.03. The molecule has 0 heterocycles. The van der Waals surface area contributed by atoms with Crippen molar-refractivity contribution in [2.75, 3.05) is 6.54 Å². The maximum atomic E-state index is 13.1. The molecule has 1 aromatic rings. The topological polar surface area (TPSA) is 12.0 Å². The molecule has 1 N–H and O–H groups in total. The Labute approximate surface area is 98.5 Å². The zero-order valence-electron chi connectivity index (χ0n) is 8.76. The van der Waals surface area contributed by atoms with E-state index >= 15 is 0 Å². The maximum Gasteiger partial charge on any atom is 0.123 e. The minimum atomic E-state index is -0.224. The number of hydrogen-bond donors (Lipinski definition) is 1. The van der Waals surface area contributed by atoms with E-state index in [0.717, 1.165) is 23.0 Å². The van der Waals surface area contributed by atoms with Gasteiger partial charge < -0.3 is 5.32 Å². The maximum absolute atomic E-state index is 13.1. The van der Waals surface area contributed by atoms with E-state index in [2.05, 4.69) is 34.7 Å². The van der Waals surface area contributed by atoms with Gasteiger partial charge in [-0.3, -0.25) is 0 Å². The van der Waals surface area contributed by atoms with Crippen molar-refractivity contribution in [1.29, 1.82) is 0 Å². The lowest BCUT2D eigenvalue weighted by Crippen LogP contribution is -2.20. The van der Waals surface area contributed by atoms with Crippen molar-refractivity contribution in [3.63, 3.8) is 0 Å². The highest BCUT2D eigenvalue weighted by atomic mass is 79.9. The molecule has 3 heteroatoms. The minimum absolute atomic E-state index is 0.00461. The summed E-state index contributed by atoms with van der Waals surface area (Å²) in [6, 6.07) is 4.68. The molecule has 1 unspecified atom stereocenters. The summed E-state index contributed by atoms with van der Waals surface area (Å²) in [5, 5.41) is 3.29. The van der Waals surface area contributed by atoms with Gasteiger partial charge in [0, 0.05) is 4.47 Å². The largest absolute Gasteiger partial charge is 0.307 e. The molecular weight excluding hydrogens is 257 g/mol. The van der Waals surface area contributed by atoms with E-state index in [1.54, 1.807) is 12.1 Å². The molecule has 0 fully saturated rings. The van der Waals surface area contributed by atoms with Gasteiger partial charge in [-0.1, -0.05) is 28.9 Å². The summed E-state index contributed by atoms with van der Waals surface area (Å²) in [6.07, 6.45) is 2.83. The Bertz CT molecular complexity index is 338. The van der Waals surface area contributed by atoms with Crippen molar-refractivity contribution >= 4 is 15.9 Å². The number of nitrogens with one attached hydrogen (secondary N) is 1. The van der Waals surface area contributed by atoms with E-state index in [9.17, 15) is 4.39 Å². The summed E-state index contributed by atoms with van der Waals surface area (Å²) < 4.78 is 14.0. The number of hydrogen-bond acceptors (Lipinski definition) is 1. The Hall–Kier alpha value is -0.670. The van der Waals surface area contributed by atoms with E-state index < -0.39 is 0 Å². The highest BCUT2D eigenvalue weighted by Crippen LogP contribution is 2.25. The molecule has 0 bridgehead atoms. The molecule has 0 aliphatic carbocycles. The van der Waals surface area contributed by atoms with E-state index in [-0.39, 0.29) is 11.9 Å². The van der Waals surface area contributed by atoms with Crippen molar-refractivity contribution in [2.24, 2.45) is 0 Å². The van der Waals surface area contributed by atoms with E-state index in [1.165, 1.54) is 12.1 Å². The molecule has 0 radical (unpaired) electrons. The first-order chi connectivity index (χ1) is 7.19. The van der Waals surface area contributed by atoms with Crippen LogP contribution in [0.5, 0.6) is 0 Å². The molecular formula is C12H15BrFN. The van der Waals surface area contributed by atoms with Gasteiger partial charge in [-0.15, -0.1) is 6.58 Å². The van der Waals surface area contributed by atoms with Crippen LogP contribution >= 0.6 is 15.9 Å². The van der Waals surface area contributed by atoms with Gasteiger partial charge in [0.25, 0.3) is 0 Å². The van der Waals surface area contributed by atoms with Crippen LogP contribution in [0, 0.1) is 5.82 Å². The summed E-state index contributed by atoms with van der Waals surface area (Å²) in [5.41, 5.74) is 0.887. The van der Waals surface area contributed by atoms with Crippen molar-refractivity contribution in [3.8, 4) is 0 Å². The fourth-order valence-electron chi connectivity index (χ4n) is 1.37. The Morgan fingerprint density at radius 1 is 1.60 bits per heavy atom. The van der Waals surface area contributed by atoms with Crippen LogP contribution in [0.3, 0.4) is 0 Å². The van der Waals surface area contributed by atoms with Crippen LogP contribution in [-0.2, 0) is 0 Å². The lowest BCUT2D eigenvalue weighted by Gasteiger charge is -2.16. The molecule has 1 rings (SSSR count). The van der Waals surface area contributed by atoms with Gasteiger partial charge in [-0.25, -0.2) is 4.39 Å². The standard InChI is InChI=1S/C12H15BrFN/c1-3-7-15-12(4-2)10-8-9(14)5-6-11(10)13/h4-6,8,12,15H,2-3,7H2,1H3. The third kappa shape index (κ3) is 3.43. The molecule has 1 atom stereocenters. The van der Waals surface area contributed by atoms with E-state index in [1.807, 2.05) is 0 Å². The van der Waals surface area contributed by atoms with Gasteiger partial charge in [0.05, 0.1) is 6.04 Å². The monoisotopic (exact) mass is 271 g/mol. The highest BCUT2D eigenvalue weighted by molar-refractivity contribution is 9.10. The molecule has 1 nitrogen and oxygen atoms in total. The van der Waals surface area contributed by atoms with Gasteiger partial charge in [0.1, 0.15) is 5.82 Å². The van der Waals surface area contributed by atoms with Crippen molar-refractivity contribution in [1.82, 2.24) is 5.32 Å². The first kappa shape index (κ1) is 12.4. The molecule has 1 aromatic carbocycles. The second-order valence-electron chi connectivity index (χ2n) is 3.33. The van der Waals surface area contributed by atoms with Crippen LogP contribution < -0.4 is 5.32 Å². The van der Waals surface area contributed by atoms with E-state index in [0.29, 0.717) is 0 Å². The normalized spacial score (nSPS) is 12.5. The quantitative estimate of drug-likeness (QED) is 0.803. The third-order valence-corrected chi connectivity index (χ3v) is 2.87. The summed E-state index contributed by atoms with van der Waals surface area (Å²) in [7, 11) is 0. The Morgan fingerprint density at radius 3 is 2.93 bits per heavy atom. The zero-order valence-corrected chi connectivity index (χ0v) is 10.3. The smallest absolute Gasteiger partial charge is 0.123 e. The average Bonchev–Trinajstić information content (AvgIpc) is 2.24. The van der Waals surface area contributed by atoms with Crippen molar-refractivity contribution < 1.29 is 4.39 Å². The Kier molecular flexibility index (Phi) is 4.99. The number of halogens is 2. The third-order valence-electron chi connectivity index (χ3n) is 2.14. The van der Waals surface area contributed by atoms with Crippen LogP contribution in [0.4, 0.5) is 4.39 Å². The first-order valence-electron chi connectivity index (χ1n) is 5.00. The molecule has 0 aromatic heterocycles. The number of rotatable bonds is 5.